The van der Waals surface area contributed by atoms with E-state index >= 15 is 0 Å². The van der Waals surface area contributed by atoms with Gasteiger partial charge < -0.3 is 34.4 Å². The molecule has 0 saturated heterocycles. The molecule has 0 bridgehead atoms. The van der Waals surface area contributed by atoms with Gasteiger partial charge in [0, 0.05) is 12.5 Å². The van der Waals surface area contributed by atoms with E-state index in [1.54, 1.807) is 41.5 Å². The lowest BCUT2D eigenvalue weighted by molar-refractivity contribution is -0.125. The standard InChI is InChI=1S/C32H40F2N4O7/c1-9-11-22(36-29(41)45-31(6,7)8)26(40)38-24(30(3,4)5)28-37-23(27-35-21(16-39)17-43-27)25(44-28)32(42,12-10-2)18-13-19(33)15-20(34)14-18/h9-10,13-15,17,22,24,39,42H,1-2,11-12,16H2,3-8H3,(H,36,41)(H,38,40)/t22-,24+,32-/m0/s1. The molecule has 0 unspecified atom stereocenters. The fourth-order valence-electron chi connectivity index (χ4n) is 4.46. The second-order valence-electron chi connectivity index (χ2n) is 12.6. The molecule has 1 aromatic carbocycles. The lowest BCUT2D eigenvalue weighted by Crippen LogP contribution is -2.50. The summed E-state index contributed by atoms with van der Waals surface area (Å²) in [6.45, 7) is 17.3. The molecule has 0 fully saturated rings. The Morgan fingerprint density at radius 1 is 1.04 bits per heavy atom. The first-order valence-corrected chi connectivity index (χ1v) is 14.2. The van der Waals surface area contributed by atoms with Crippen molar-refractivity contribution in [1.29, 1.82) is 0 Å². The van der Waals surface area contributed by atoms with Gasteiger partial charge in [0.05, 0.1) is 6.61 Å². The third-order valence-electron chi connectivity index (χ3n) is 6.52. The van der Waals surface area contributed by atoms with Crippen LogP contribution in [-0.2, 0) is 21.7 Å². The van der Waals surface area contributed by atoms with Gasteiger partial charge in [-0.2, -0.15) is 0 Å². The lowest BCUT2D eigenvalue weighted by Gasteiger charge is -2.31. The Bertz CT molecular complexity index is 1520. The Labute approximate surface area is 260 Å². The number of carbonyl (C=O) groups excluding carboxylic acids is 2. The van der Waals surface area contributed by atoms with Crippen LogP contribution in [0.15, 0.2) is 58.6 Å². The molecule has 0 spiro atoms. The predicted molar refractivity (Wildman–Crippen MR) is 160 cm³/mol. The van der Waals surface area contributed by atoms with Gasteiger partial charge in [-0.25, -0.2) is 23.5 Å². The molecule has 244 valence electrons. The minimum absolute atomic E-state index is 0.0640. The molecular weight excluding hydrogens is 590 g/mol. The number of hydrogen-bond acceptors (Lipinski definition) is 9. The number of nitrogens with one attached hydrogen (secondary N) is 2. The van der Waals surface area contributed by atoms with Crippen molar-refractivity contribution >= 4 is 12.0 Å². The summed E-state index contributed by atoms with van der Waals surface area (Å²) in [7, 11) is 0. The number of amides is 2. The zero-order valence-electron chi connectivity index (χ0n) is 26.2. The van der Waals surface area contributed by atoms with E-state index < -0.39 is 58.9 Å². The topological polar surface area (TPSA) is 160 Å². The highest BCUT2D eigenvalue weighted by Crippen LogP contribution is 2.43. The van der Waals surface area contributed by atoms with Crippen LogP contribution in [0.1, 0.15) is 83.3 Å². The minimum atomic E-state index is -2.23. The number of carbonyl (C=O) groups is 2. The molecule has 0 saturated carbocycles. The number of hydrogen-bond donors (Lipinski definition) is 4. The van der Waals surface area contributed by atoms with Gasteiger partial charge in [-0.1, -0.05) is 32.9 Å². The molecule has 3 aromatic rings. The number of rotatable bonds is 12. The van der Waals surface area contributed by atoms with Gasteiger partial charge in [-0.15, -0.1) is 13.2 Å². The van der Waals surface area contributed by atoms with E-state index in [4.69, 9.17) is 13.6 Å². The number of benzene rings is 1. The van der Waals surface area contributed by atoms with Crippen molar-refractivity contribution in [3.63, 3.8) is 0 Å². The van der Waals surface area contributed by atoms with Crippen LogP contribution in [0.2, 0.25) is 0 Å². The molecular formula is C32H40F2N4O7. The molecule has 2 aromatic heterocycles. The Hall–Kier alpha value is -4.36. The molecule has 0 radical (unpaired) electrons. The smallest absolute Gasteiger partial charge is 0.408 e. The molecule has 0 aliphatic carbocycles. The van der Waals surface area contributed by atoms with Crippen molar-refractivity contribution in [2.45, 2.75) is 84.3 Å². The number of aromatic nitrogens is 2. The van der Waals surface area contributed by atoms with Crippen LogP contribution >= 0.6 is 0 Å². The van der Waals surface area contributed by atoms with E-state index in [0.717, 1.165) is 12.1 Å². The summed E-state index contributed by atoms with van der Waals surface area (Å²) in [5.41, 5.74) is -4.02. The SMILES string of the molecule is C=CC[C@H](NC(=O)OC(C)(C)C)C(=O)N[C@H](c1nc(-c2nc(CO)co2)c([C@](O)(CC=C)c2cc(F)cc(F)c2)o1)C(C)(C)C. The van der Waals surface area contributed by atoms with Crippen LogP contribution in [0.5, 0.6) is 0 Å². The number of alkyl carbamates (subject to hydrolysis) is 1. The van der Waals surface area contributed by atoms with E-state index in [2.05, 4.69) is 33.8 Å². The van der Waals surface area contributed by atoms with E-state index in [1.807, 2.05) is 0 Å². The second-order valence-corrected chi connectivity index (χ2v) is 12.6. The summed E-state index contributed by atoms with van der Waals surface area (Å²) in [5.74, 6) is -3.09. The van der Waals surface area contributed by atoms with Gasteiger partial charge in [-0.05, 0) is 50.3 Å². The van der Waals surface area contributed by atoms with E-state index in [-0.39, 0.29) is 47.3 Å². The first kappa shape index (κ1) is 35.1. The molecule has 13 heteroatoms. The van der Waals surface area contributed by atoms with E-state index in [9.17, 15) is 28.6 Å². The summed E-state index contributed by atoms with van der Waals surface area (Å²) in [6.07, 6.45) is 2.94. The van der Waals surface area contributed by atoms with Gasteiger partial charge in [0.25, 0.3) is 0 Å². The van der Waals surface area contributed by atoms with Crippen LogP contribution < -0.4 is 10.6 Å². The highest BCUT2D eigenvalue weighted by atomic mass is 19.1. The number of oxazole rings is 2. The number of ether oxygens (including phenoxy) is 1. The van der Waals surface area contributed by atoms with Crippen LogP contribution in [-0.4, -0.2) is 43.8 Å². The van der Waals surface area contributed by atoms with Gasteiger partial charge in [0.15, 0.2) is 17.1 Å². The molecule has 0 aliphatic rings. The first-order chi connectivity index (χ1) is 20.9. The predicted octanol–water partition coefficient (Wildman–Crippen LogP) is 5.58. The van der Waals surface area contributed by atoms with Crippen molar-refractivity contribution in [1.82, 2.24) is 20.6 Å². The van der Waals surface area contributed by atoms with Crippen molar-refractivity contribution in [3.8, 4) is 11.6 Å². The second kappa shape index (κ2) is 13.7. The summed E-state index contributed by atoms with van der Waals surface area (Å²) < 4.78 is 45.7. The molecule has 3 rings (SSSR count). The highest BCUT2D eigenvalue weighted by Gasteiger charge is 2.43. The molecule has 45 heavy (non-hydrogen) atoms. The third-order valence-corrected chi connectivity index (χ3v) is 6.52. The van der Waals surface area contributed by atoms with Crippen molar-refractivity contribution < 1.29 is 42.2 Å². The Kier molecular flexibility index (Phi) is 10.7. The van der Waals surface area contributed by atoms with Crippen LogP contribution in [0, 0.1) is 17.0 Å². The summed E-state index contributed by atoms with van der Waals surface area (Å²) in [5, 5.41) is 27.0. The molecule has 11 nitrogen and oxygen atoms in total. The number of halogens is 2. The maximum absolute atomic E-state index is 14.4. The largest absolute Gasteiger partial charge is 0.444 e. The lowest BCUT2D eigenvalue weighted by atomic mass is 9.86. The molecule has 2 heterocycles. The van der Waals surface area contributed by atoms with Gasteiger partial charge in [-0.3, -0.25) is 4.79 Å². The summed E-state index contributed by atoms with van der Waals surface area (Å²) in [4.78, 5) is 34.8. The highest BCUT2D eigenvalue weighted by molar-refractivity contribution is 5.86. The summed E-state index contributed by atoms with van der Waals surface area (Å²) in [6, 6.07) is 0.469. The molecule has 2 amide bonds. The Morgan fingerprint density at radius 2 is 1.69 bits per heavy atom. The van der Waals surface area contributed by atoms with Crippen molar-refractivity contribution in [2.75, 3.05) is 0 Å². The maximum atomic E-state index is 14.4. The van der Waals surface area contributed by atoms with E-state index in [0.29, 0.717) is 6.07 Å². The normalized spacial score (nSPS) is 14.6. The maximum Gasteiger partial charge on any atom is 0.408 e. The van der Waals surface area contributed by atoms with Crippen LogP contribution in [0.3, 0.4) is 0 Å². The number of aliphatic hydroxyl groups excluding tert-OH is 1. The van der Waals surface area contributed by atoms with E-state index in [1.165, 1.54) is 18.4 Å². The van der Waals surface area contributed by atoms with Crippen LogP contribution in [0.25, 0.3) is 11.6 Å². The first-order valence-electron chi connectivity index (χ1n) is 14.2. The summed E-state index contributed by atoms with van der Waals surface area (Å²) >= 11 is 0. The molecule has 4 N–H and O–H groups in total. The average molecular weight is 631 g/mol. The zero-order valence-corrected chi connectivity index (χ0v) is 26.2. The fourth-order valence-corrected chi connectivity index (χ4v) is 4.46. The molecule has 0 aliphatic heterocycles. The van der Waals surface area contributed by atoms with Crippen molar-refractivity contribution in [3.05, 3.63) is 84.3 Å². The minimum Gasteiger partial charge on any atom is -0.444 e. The Morgan fingerprint density at radius 3 is 2.20 bits per heavy atom. The van der Waals surface area contributed by atoms with Crippen LogP contribution in [0.4, 0.5) is 13.6 Å². The molecule has 3 atom stereocenters. The van der Waals surface area contributed by atoms with Gasteiger partial charge >= 0.3 is 6.09 Å². The number of nitrogens with zero attached hydrogens (tertiary/aromatic N) is 2. The number of aliphatic hydroxyl groups is 2. The zero-order chi connectivity index (χ0) is 33.7. The van der Waals surface area contributed by atoms with Crippen molar-refractivity contribution in [2.24, 2.45) is 5.41 Å². The monoisotopic (exact) mass is 630 g/mol. The Balaban J connectivity index is 2.17. The van der Waals surface area contributed by atoms with Gasteiger partial charge in [0.1, 0.15) is 41.3 Å². The quantitative estimate of drug-likeness (QED) is 0.187. The average Bonchev–Trinajstić information content (AvgIpc) is 3.57. The van der Waals surface area contributed by atoms with Gasteiger partial charge in [0.2, 0.25) is 17.7 Å². The fraction of sp³-hybridized carbons (Fsp3) is 0.438. The third kappa shape index (κ3) is 8.64.